The van der Waals surface area contributed by atoms with E-state index in [1.54, 1.807) is 6.07 Å². The van der Waals surface area contributed by atoms with Crippen LogP contribution in [0.3, 0.4) is 0 Å². The molecule has 0 saturated heterocycles. The van der Waals surface area contributed by atoms with Crippen LogP contribution in [0.1, 0.15) is 19.4 Å². The summed E-state index contributed by atoms with van der Waals surface area (Å²) in [6, 6.07) is 5.12. The molecule has 0 unspecified atom stereocenters. The second-order valence-corrected chi connectivity index (χ2v) is 5.49. The Morgan fingerprint density at radius 1 is 1.50 bits per heavy atom. The van der Waals surface area contributed by atoms with Gasteiger partial charge in [0, 0.05) is 16.1 Å². The number of rotatable bonds is 4. The summed E-state index contributed by atoms with van der Waals surface area (Å²) in [7, 11) is 0. The Morgan fingerprint density at radius 2 is 2.12 bits per heavy atom. The summed E-state index contributed by atoms with van der Waals surface area (Å²) in [5.41, 5.74) is 6.38. The molecule has 1 aromatic carbocycles. The van der Waals surface area contributed by atoms with E-state index in [1.807, 2.05) is 19.9 Å². The fourth-order valence-corrected chi connectivity index (χ4v) is 1.79. The summed E-state index contributed by atoms with van der Waals surface area (Å²) in [6.45, 7) is 4.50. The van der Waals surface area contributed by atoms with Crippen LogP contribution in [0.4, 0.5) is 5.69 Å². The number of halogens is 1. The molecule has 1 rings (SSSR count). The number of hydrogen-bond acceptors (Lipinski definition) is 3. The van der Waals surface area contributed by atoms with Crippen molar-refractivity contribution < 1.29 is 4.92 Å². The van der Waals surface area contributed by atoms with Crippen molar-refractivity contribution >= 4 is 21.6 Å². The molecule has 0 aliphatic heterocycles. The minimum atomic E-state index is -0.354. The Balaban J connectivity index is 3.09. The van der Waals surface area contributed by atoms with E-state index < -0.39 is 0 Å². The first kappa shape index (κ1) is 13.1. The third kappa shape index (κ3) is 3.28. The molecule has 4 nitrogen and oxygen atoms in total. The zero-order valence-corrected chi connectivity index (χ0v) is 11.0. The number of nitrogens with two attached hydrogens (primary N) is 1. The molecule has 0 amide bonds. The highest BCUT2D eigenvalue weighted by Crippen LogP contribution is 2.29. The molecule has 0 saturated carbocycles. The van der Waals surface area contributed by atoms with Gasteiger partial charge in [0.05, 0.1) is 4.92 Å². The highest BCUT2D eigenvalue weighted by Gasteiger charge is 2.22. The fraction of sp³-hybridized carbons (Fsp3) is 0.455. The van der Waals surface area contributed by atoms with Crippen molar-refractivity contribution in [1.29, 1.82) is 0 Å². The molecular formula is C11H15BrN2O2. The number of benzene rings is 1. The second kappa shape index (κ2) is 4.93. The predicted molar refractivity (Wildman–Crippen MR) is 67.3 cm³/mol. The first-order valence-corrected chi connectivity index (χ1v) is 5.78. The summed E-state index contributed by atoms with van der Waals surface area (Å²) in [5, 5.41) is 10.9. The maximum Gasteiger partial charge on any atom is 0.273 e. The van der Waals surface area contributed by atoms with Crippen LogP contribution in [0, 0.1) is 15.5 Å². The molecule has 0 bridgehead atoms. The molecule has 1 aromatic rings. The average Bonchev–Trinajstić information content (AvgIpc) is 2.20. The molecule has 5 heteroatoms. The molecule has 0 aromatic heterocycles. The van der Waals surface area contributed by atoms with Gasteiger partial charge in [0.1, 0.15) is 0 Å². The van der Waals surface area contributed by atoms with Crippen LogP contribution in [0.25, 0.3) is 0 Å². The van der Waals surface area contributed by atoms with E-state index in [-0.39, 0.29) is 16.0 Å². The van der Waals surface area contributed by atoms with Gasteiger partial charge in [0.15, 0.2) is 0 Å². The lowest BCUT2D eigenvalue weighted by Gasteiger charge is -2.22. The van der Waals surface area contributed by atoms with Gasteiger partial charge < -0.3 is 5.73 Å². The van der Waals surface area contributed by atoms with Crippen LogP contribution < -0.4 is 5.73 Å². The van der Waals surface area contributed by atoms with Gasteiger partial charge >= 0.3 is 0 Å². The van der Waals surface area contributed by atoms with Gasteiger partial charge in [-0.05, 0) is 24.4 Å². The highest BCUT2D eigenvalue weighted by molar-refractivity contribution is 9.10. The molecule has 0 heterocycles. The third-order valence-electron chi connectivity index (χ3n) is 2.47. The van der Waals surface area contributed by atoms with Gasteiger partial charge in [-0.1, -0.05) is 35.8 Å². The fourth-order valence-electron chi connectivity index (χ4n) is 1.44. The molecule has 88 valence electrons. The van der Waals surface area contributed by atoms with E-state index in [0.717, 1.165) is 5.56 Å². The van der Waals surface area contributed by atoms with Crippen LogP contribution in [-0.4, -0.2) is 11.5 Å². The molecule has 0 radical (unpaired) electrons. The molecule has 0 fully saturated rings. The quantitative estimate of drug-likeness (QED) is 0.683. The minimum absolute atomic E-state index is 0.126. The maximum absolute atomic E-state index is 10.9. The summed E-state index contributed by atoms with van der Waals surface area (Å²) >= 11 is 3.23. The normalized spacial score (nSPS) is 11.5. The monoisotopic (exact) mass is 286 g/mol. The van der Waals surface area contributed by atoms with Gasteiger partial charge in [-0.15, -0.1) is 0 Å². The number of nitro benzene ring substituents is 1. The van der Waals surface area contributed by atoms with Gasteiger partial charge in [-0.2, -0.15) is 0 Å². The SMILES string of the molecule is CC(C)(CN)Cc1ccc(Br)cc1[N+](=O)[O-]. The molecule has 2 N–H and O–H groups in total. The zero-order chi connectivity index (χ0) is 12.3. The second-order valence-electron chi connectivity index (χ2n) is 4.58. The molecule has 0 atom stereocenters. The molecule has 0 aliphatic rings. The average molecular weight is 287 g/mol. The van der Waals surface area contributed by atoms with E-state index in [2.05, 4.69) is 15.9 Å². The topological polar surface area (TPSA) is 69.2 Å². The van der Waals surface area contributed by atoms with Crippen LogP contribution in [0.2, 0.25) is 0 Å². The smallest absolute Gasteiger partial charge is 0.273 e. The van der Waals surface area contributed by atoms with E-state index >= 15 is 0 Å². The van der Waals surface area contributed by atoms with Gasteiger partial charge in [0.25, 0.3) is 5.69 Å². The van der Waals surface area contributed by atoms with Crippen molar-refractivity contribution in [1.82, 2.24) is 0 Å². The Hall–Kier alpha value is -0.940. The Bertz CT molecular complexity index is 405. The third-order valence-corrected chi connectivity index (χ3v) is 2.96. The summed E-state index contributed by atoms with van der Waals surface area (Å²) in [6.07, 6.45) is 0.604. The molecule has 0 aliphatic carbocycles. The van der Waals surface area contributed by atoms with E-state index in [1.165, 1.54) is 6.07 Å². The number of nitro groups is 1. The van der Waals surface area contributed by atoms with Gasteiger partial charge in [0.2, 0.25) is 0 Å². The molecular weight excluding hydrogens is 272 g/mol. The predicted octanol–water partition coefficient (Wildman–Crippen LogP) is 2.88. The van der Waals surface area contributed by atoms with Crippen LogP contribution in [-0.2, 0) is 6.42 Å². The van der Waals surface area contributed by atoms with Gasteiger partial charge in [-0.25, -0.2) is 0 Å². The Labute approximate surface area is 103 Å². The molecule has 16 heavy (non-hydrogen) atoms. The van der Waals surface area contributed by atoms with Crippen molar-refractivity contribution in [2.24, 2.45) is 11.1 Å². The maximum atomic E-state index is 10.9. The van der Waals surface area contributed by atoms with Crippen molar-refractivity contribution in [3.05, 3.63) is 38.3 Å². The first-order valence-electron chi connectivity index (χ1n) is 4.98. The van der Waals surface area contributed by atoms with Crippen molar-refractivity contribution in [2.45, 2.75) is 20.3 Å². The zero-order valence-electron chi connectivity index (χ0n) is 9.37. The van der Waals surface area contributed by atoms with Crippen LogP contribution in [0.5, 0.6) is 0 Å². The van der Waals surface area contributed by atoms with Crippen molar-refractivity contribution in [3.8, 4) is 0 Å². The van der Waals surface area contributed by atoms with Crippen molar-refractivity contribution in [2.75, 3.05) is 6.54 Å². The van der Waals surface area contributed by atoms with Crippen molar-refractivity contribution in [3.63, 3.8) is 0 Å². The lowest BCUT2D eigenvalue weighted by atomic mass is 9.85. The highest BCUT2D eigenvalue weighted by atomic mass is 79.9. The lowest BCUT2D eigenvalue weighted by molar-refractivity contribution is -0.385. The standard InChI is InChI=1S/C11H15BrN2O2/c1-11(2,7-13)6-8-3-4-9(12)5-10(8)14(15)16/h3-5H,6-7,13H2,1-2H3. The van der Waals surface area contributed by atoms with E-state index in [9.17, 15) is 10.1 Å². The first-order chi connectivity index (χ1) is 7.35. The van der Waals surface area contributed by atoms with E-state index in [0.29, 0.717) is 17.4 Å². The number of hydrogen-bond donors (Lipinski definition) is 1. The summed E-state index contributed by atoms with van der Waals surface area (Å²) in [4.78, 5) is 10.5. The minimum Gasteiger partial charge on any atom is -0.330 e. The molecule has 0 spiro atoms. The van der Waals surface area contributed by atoms with Crippen LogP contribution >= 0.6 is 15.9 Å². The van der Waals surface area contributed by atoms with Crippen LogP contribution in [0.15, 0.2) is 22.7 Å². The summed E-state index contributed by atoms with van der Waals surface area (Å²) < 4.78 is 0.716. The Morgan fingerprint density at radius 3 is 2.62 bits per heavy atom. The van der Waals surface area contributed by atoms with Gasteiger partial charge in [-0.3, -0.25) is 10.1 Å². The largest absolute Gasteiger partial charge is 0.330 e. The summed E-state index contributed by atoms with van der Waals surface area (Å²) in [5.74, 6) is 0. The lowest BCUT2D eigenvalue weighted by Crippen LogP contribution is -2.26. The Kier molecular flexibility index (Phi) is 4.04. The number of nitrogens with zero attached hydrogens (tertiary/aromatic N) is 1. The van der Waals surface area contributed by atoms with E-state index in [4.69, 9.17) is 5.73 Å².